The molecule has 25 heavy (non-hydrogen) atoms. The first-order valence-corrected chi connectivity index (χ1v) is 8.26. The Balaban J connectivity index is 1.61. The van der Waals surface area contributed by atoms with Crippen LogP contribution in [0.25, 0.3) is 0 Å². The van der Waals surface area contributed by atoms with Crippen molar-refractivity contribution in [2.24, 2.45) is 0 Å². The van der Waals surface area contributed by atoms with Crippen LogP contribution < -0.4 is 15.5 Å². The fourth-order valence-electron chi connectivity index (χ4n) is 2.62. The zero-order valence-corrected chi connectivity index (χ0v) is 14.4. The minimum absolute atomic E-state index is 0.144. The Bertz CT molecular complexity index is 831. The maximum atomic E-state index is 13.3. The molecule has 3 rings (SSSR count). The molecule has 130 valence electrons. The van der Waals surface area contributed by atoms with Crippen molar-refractivity contribution in [2.45, 2.75) is 12.5 Å². The average molecular weight is 382 g/mol. The van der Waals surface area contributed by atoms with Crippen LogP contribution in [0.2, 0.25) is 10.0 Å². The van der Waals surface area contributed by atoms with Gasteiger partial charge in [0.1, 0.15) is 5.82 Å². The molecule has 1 aliphatic heterocycles. The third-order valence-corrected chi connectivity index (χ3v) is 4.50. The van der Waals surface area contributed by atoms with Gasteiger partial charge in [0.15, 0.2) is 0 Å². The number of urea groups is 1. The third-order valence-electron chi connectivity index (χ3n) is 3.76. The zero-order valence-electron chi connectivity index (χ0n) is 12.9. The van der Waals surface area contributed by atoms with E-state index in [0.717, 1.165) is 0 Å². The van der Waals surface area contributed by atoms with Crippen molar-refractivity contribution in [1.29, 1.82) is 0 Å². The first-order valence-electron chi connectivity index (χ1n) is 7.51. The van der Waals surface area contributed by atoms with Crippen molar-refractivity contribution in [3.05, 3.63) is 58.3 Å². The number of carbonyl (C=O) groups is 2. The van der Waals surface area contributed by atoms with E-state index in [1.165, 1.54) is 29.2 Å². The van der Waals surface area contributed by atoms with E-state index < -0.39 is 11.8 Å². The molecule has 0 bridgehead atoms. The lowest BCUT2D eigenvalue weighted by Crippen LogP contribution is -2.39. The summed E-state index contributed by atoms with van der Waals surface area (Å²) in [6, 6.07) is 9.67. The molecule has 5 nitrogen and oxygen atoms in total. The molecule has 1 aliphatic rings. The van der Waals surface area contributed by atoms with Gasteiger partial charge in [-0.25, -0.2) is 9.18 Å². The number of amides is 3. The van der Waals surface area contributed by atoms with Crippen LogP contribution in [0.15, 0.2) is 42.5 Å². The molecule has 8 heteroatoms. The van der Waals surface area contributed by atoms with Gasteiger partial charge in [-0.3, -0.25) is 4.79 Å². The highest BCUT2D eigenvalue weighted by Crippen LogP contribution is 2.25. The van der Waals surface area contributed by atoms with Gasteiger partial charge in [-0.2, -0.15) is 0 Å². The van der Waals surface area contributed by atoms with Gasteiger partial charge in [-0.05, 0) is 36.4 Å². The van der Waals surface area contributed by atoms with E-state index in [2.05, 4.69) is 10.6 Å². The monoisotopic (exact) mass is 381 g/mol. The first-order chi connectivity index (χ1) is 11.9. The summed E-state index contributed by atoms with van der Waals surface area (Å²) in [4.78, 5) is 25.7. The summed E-state index contributed by atoms with van der Waals surface area (Å²) in [5.41, 5.74) is 0.956. The Morgan fingerprint density at radius 1 is 1.16 bits per heavy atom. The Hall–Kier alpha value is -2.31. The molecule has 0 aliphatic carbocycles. The van der Waals surface area contributed by atoms with Crippen LogP contribution >= 0.6 is 23.2 Å². The van der Waals surface area contributed by atoms with E-state index in [4.69, 9.17) is 23.2 Å². The van der Waals surface area contributed by atoms with E-state index >= 15 is 0 Å². The molecule has 1 atom stereocenters. The van der Waals surface area contributed by atoms with Gasteiger partial charge in [0.05, 0.1) is 16.1 Å². The van der Waals surface area contributed by atoms with E-state index in [9.17, 15) is 14.0 Å². The van der Waals surface area contributed by atoms with Gasteiger partial charge in [0.25, 0.3) is 0 Å². The molecule has 0 spiro atoms. The molecule has 1 fully saturated rings. The van der Waals surface area contributed by atoms with Crippen molar-refractivity contribution in [3.63, 3.8) is 0 Å². The number of nitrogens with one attached hydrogen (secondary N) is 2. The second kappa shape index (κ2) is 7.29. The van der Waals surface area contributed by atoms with E-state index in [1.54, 1.807) is 18.2 Å². The third kappa shape index (κ3) is 4.21. The number of rotatable bonds is 3. The van der Waals surface area contributed by atoms with E-state index in [1.807, 2.05) is 0 Å². The molecule has 1 heterocycles. The molecular weight excluding hydrogens is 368 g/mol. The number of hydrogen-bond donors (Lipinski definition) is 2. The fraction of sp³-hybridized carbons (Fsp3) is 0.176. The van der Waals surface area contributed by atoms with E-state index in [0.29, 0.717) is 21.4 Å². The quantitative estimate of drug-likeness (QED) is 0.841. The smallest absolute Gasteiger partial charge is 0.319 e. The molecule has 0 aromatic heterocycles. The second-order valence-electron chi connectivity index (χ2n) is 5.61. The minimum atomic E-state index is -0.461. The lowest BCUT2D eigenvalue weighted by atomic mass is 10.2. The molecular formula is C17H14Cl2FN3O2. The number of benzene rings is 2. The Morgan fingerprint density at radius 2 is 1.96 bits per heavy atom. The molecule has 1 unspecified atom stereocenters. The molecule has 2 aromatic carbocycles. The molecule has 3 amide bonds. The predicted octanol–water partition coefficient (Wildman–Crippen LogP) is 4.06. The van der Waals surface area contributed by atoms with Crippen molar-refractivity contribution in [2.75, 3.05) is 16.8 Å². The topological polar surface area (TPSA) is 61.4 Å². The summed E-state index contributed by atoms with van der Waals surface area (Å²) in [5, 5.41) is 6.07. The number of halogens is 3. The Morgan fingerprint density at radius 3 is 2.68 bits per heavy atom. The Kier molecular flexibility index (Phi) is 5.11. The summed E-state index contributed by atoms with van der Waals surface area (Å²) >= 11 is 11.7. The van der Waals surface area contributed by atoms with Crippen LogP contribution in [0, 0.1) is 5.82 Å². The highest BCUT2D eigenvalue weighted by Gasteiger charge is 2.31. The fourth-order valence-corrected chi connectivity index (χ4v) is 2.92. The predicted molar refractivity (Wildman–Crippen MR) is 95.8 cm³/mol. The van der Waals surface area contributed by atoms with Gasteiger partial charge in [0.2, 0.25) is 5.91 Å². The summed E-state index contributed by atoms with van der Waals surface area (Å²) in [6.45, 7) is 0.275. The Labute approximate surface area is 153 Å². The van der Waals surface area contributed by atoms with Crippen LogP contribution in [-0.2, 0) is 4.79 Å². The highest BCUT2D eigenvalue weighted by atomic mass is 35.5. The van der Waals surface area contributed by atoms with E-state index in [-0.39, 0.29) is 24.9 Å². The van der Waals surface area contributed by atoms with Crippen LogP contribution in [0.3, 0.4) is 0 Å². The van der Waals surface area contributed by atoms with Crippen molar-refractivity contribution in [3.8, 4) is 0 Å². The standard InChI is InChI=1S/C17H14Cl2FN3O2/c18-14-5-4-11(7-15(14)19)21-17(25)22-12-8-16(24)23(9-12)13-3-1-2-10(20)6-13/h1-7,12H,8-9H2,(H2,21,22,25). The van der Waals surface area contributed by atoms with Gasteiger partial charge >= 0.3 is 6.03 Å². The van der Waals surface area contributed by atoms with Gasteiger partial charge < -0.3 is 15.5 Å². The molecule has 2 aromatic rings. The summed E-state index contributed by atoms with van der Waals surface area (Å²) in [7, 11) is 0. The normalized spacial score (nSPS) is 16.8. The molecule has 0 saturated carbocycles. The first kappa shape index (κ1) is 17.5. The number of anilines is 2. The molecule has 0 radical (unpaired) electrons. The zero-order chi connectivity index (χ0) is 18.0. The van der Waals surface area contributed by atoms with Gasteiger partial charge in [-0.1, -0.05) is 29.3 Å². The highest BCUT2D eigenvalue weighted by molar-refractivity contribution is 6.42. The maximum Gasteiger partial charge on any atom is 0.319 e. The lowest BCUT2D eigenvalue weighted by Gasteiger charge is -2.17. The minimum Gasteiger partial charge on any atom is -0.333 e. The summed E-state index contributed by atoms with van der Waals surface area (Å²) < 4.78 is 13.3. The van der Waals surface area contributed by atoms with Crippen molar-refractivity contribution >= 4 is 46.5 Å². The van der Waals surface area contributed by atoms with Crippen LogP contribution in [0.1, 0.15) is 6.42 Å². The van der Waals surface area contributed by atoms with Crippen LogP contribution in [0.5, 0.6) is 0 Å². The van der Waals surface area contributed by atoms with Crippen LogP contribution in [0.4, 0.5) is 20.6 Å². The SMILES string of the molecule is O=C(Nc1ccc(Cl)c(Cl)c1)NC1CC(=O)N(c2cccc(F)c2)C1. The second-order valence-corrected chi connectivity index (χ2v) is 6.43. The lowest BCUT2D eigenvalue weighted by molar-refractivity contribution is -0.117. The van der Waals surface area contributed by atoms with Crippen LogP contribution in [-0.4, -0.2) is 24.5 Å². The van der Waals surface area contributed by atoms with Crippen molar-refractivity contribution in [1.82, 2.24) is 5.32 Å². The maximum absolute atomic E-state index is 13.3. The summed E-state index contributed by atoms with van der Waals surface area (Å²) in [5.74, 6) is -0.593. The number of hydrogen-bond acceptors (Lipinski definition) is 2. The number of nitrogens with zero attached hydrogens (tertiary/aromatic N) is 1. The van der Waals surface area contributed by atoms with Gasteiger partial charge in [-0.15, -0.1) is 0 Å². The number of carbonyl (C=O) groups excluding carboxylic acids is 2. The largest absolute Gasteiger partial charge is 0.333 e. The average Bonchev–Trinajstić information content (AvgIpc) is 2.91. The van der Waals surface area contributed by atoms with Crippen molar-refractivity contribution < 1.29 is 14.0 Å². The summed E-state index contributed by atoms with van der Waals surface area (Å²) in [6.07, 6.45) is 0.144. The van der Waals surface area contributed by atoms with Gasteiger partial charge in [0, 0.05) is 24.3 Å². The molecule has 2 N–H and O–H groups in total. The molecule has 1 saturated heterocycles.